The van der Waals surface area contributed by atoms with Gasteiger partial charge >= 0.3 is 6.09 Å². The van der Waals surface area contributed by atoms with E-state index in [4.69, 9.17) is 14.5 Å². The van der Waals surface area contributed by atoms with Crippen molar-refractivity contribution in [3.05, 3.63) is 70.1 Å². The van der Waals surface area contributed by atoms with Crippen molar-refractivity contribution in [2.75, 3.05) is 25.0 Å². The Kier molecular flexibility index (Phi) is 9.88. The molecule has 1 aliphatic heterocycles. The van der Waals surface area contributed by atoms with Crippen molar-refractivity contribution in [1.82, 2.24) is 29.6 Å². The SMILES string of the molecule is Cc1cc(-c2ccnc(Nc3cnn(C[C@@H]4CN(C(=O)OC(C)(C)C)CCO4)c3)n2)ccc1CCC(=O)c1cnc(C(C)(C)C)s1. The Morgan fingerprint density at radius 3 is 2.63 bits per heavy atom. The van der Waals surface area contributed by atoms with Crippen molar-refractivity contribution in [2.45, 2.75) is 85.0 Å². The summed E-state index contributed by atoms with van der Waals surface area (Å²) in [5.74, 6) is 0.578. The number of hydrogen-bond donors (Lipinski definition) is 1. The first-order chi connectivity index (χ1) is 21.7. The van der Waals surface area contributed by atoms with Crippen LogP contribution in [-0.4, -0.2) is 72.9 Å². The summed E-state index contributed by atoms with van der Waals surface area (Å²) in [7, 11) is 0. The first-order valence-corrected chi connectivity index (χ1v) is 16.4. The monoisotopic (exact) mass is 645 g/mol. The average Bonchev–Trinajstić information content (AvgIpc) is 3.66. The van der Waals surface area contributed by atoms with Gasteiger partial charge in [0.2, 0.25) is 5.95 Å². The molecule has 0 saturated carbocycles. The number of benzene rings is 1. The molecule has 46 heavy (non-hydrogen) atoms. The Labute approximate surface area is 274 Å². The number of morpholine rings is 1. The number of ether oxygens (including phenoxy) is 2. The third kappa shape index (κ3) is 8.76. The molecule has 3 aromatic heterocycles. The second-order valence-electron chi connectivity index (χ2n) is 13.6. The van der Waals surface area contributed by atoms with Crippen LogP contribution < -0.4 is 5.32 Å². The van der Waals surface area contributed by atoms with E-state index in [0.717, 1.165) is 38.0 Å². The summed E-state index contributed by atoms with van der Waals surface area (Å²) >= 11 is 1.49. The molecule has 11 nitrogen and oxygen atoms in total. The first kappa shape index (κ1) is 33.2. The highest BCUT2D eigenvalue weighted by molar-refractivity contribution is 7.13. The van der Waals surface area contributed by atoms with Crippen LogP contribution in [0, 0.1) is 6.92 Å². The fourth-order valence-electron chi connectivity index (χ4n) is 5.02. The number of anilines is 2. The van der Waals surface area contributed by atoms with Crippen LogP contribution >= 0.6 is 11.3 Å². The number of Topliss-reactive ketones (excluding diaryl/α,β-unsaturated/α-hetero) is 1. The molecule has 0 aliphatic carbocycles. The largest absolute Gasteiger partial charge is 0.444 e. The Hall–Kier alpha value is -4.16. The molecule has 1 fully saturated rings. The van der Waals surface area contributed by atoms with Gasteiger partial charge in [0, 0.05) is 42.5 Å². The Bertz CT molecular complexity index is 1680. The highest BCUT2D eigenvalue weighted by Gasteiger charge is 2.28. The smallest absolute Gasteiger partial charge is 0.410 e. The fourth-order valence-corrected chi connectivity index (χ4v) is 5.97. The maximum absolute atomic E-state index is 12.8. The maximum Gasteiger partial charge on any atom is 0.410 e. The number of aromatic nitrogens is 5. The number of ketones is 1. The molecule has 1 amide bonds. The molecule has 4 aromatic rings. The van der Waals surface area contributed by atoms with E-state index >= 15 is 0 Å². The Morgan fingerprint density at radius 2 is 1.91 bits per heavy atom. The first-order valence-electron chi connectivity index (χ1n) is 15.5. The number of nitrogens with zero attached hydrogens (tertiary/aromatic N) is 6. The minimum absolute atomic E-state index is 0.0628. The Balaban J connectivity index is 1.17. The van der Waals surface area contributed by atoms with Gasteiger partial charge in [-0.25, -0.2) is 19.7 Å². The van der Waals surface area contributed by atoms with Gasteiger partial charge in [-0.05, 0) is 57.4 Å². The van der Waals surface area contributed by atoms with Crippen molar-refractivity contribution < 1.29 is 19.1 Å². The Morgan fingerprint density at radius 1 is 1.11 bits per heavy atom. The molecule has 0 bridgehead atoms. The molecule has 4 heterocycles. The number of amides is 1. The summed E-state index contributed by atoms with van der Waals surface area (Å²) in [6, 6.07) is 8.08. The summed E-state index contributed by atoms with van der Waals surface area (Å²) in [6.07, 6.45) is 7.58. The van der Waals surface area contributed by atoms with Crippen molar-refractivity contribution >= 4 is 34.8 Å². The van der Waals surface area contributed by atoms with E-state index < -0.39 is 5.60 Å². The standard InChI is InChI=1S/C34H43N7O4S/c1-22-16-24(9-8-23(22)10-11-28(42)29-18-36-30(46-29)33(2,3)4)27-12-13-35-31(39-27)38-25-17-37-41(19-25)21-26-20-40(14-15-44-26)32(43)45-34(5,6)7/h8-9,12-13,16-19,26H,10-11,14-15,20-21H2,1-7H3,(H,35,38,39)/t26-/m0/s1. The number of carbonyl (C=O) groups excluding carboxylic acids is 2. The summed E-state index contributed by atoms with van der Waals surface area (Å²) in [4.78, 5) is 41.3. The zero-order valence-electron chi connectivity index (χ0n) is 27.7. The second kappa shape index (κ2) is 13.7. The molecule has 0 spiro atoms. The van der Waals surface area contributed by atoms with Crippen LogP contribution in [0.1, 0.15) is 73.8 Å². The van der Waals surface area contributed by atoms with E-state index in [9.17, 15) is 9.59 Å². The van der Waals surface area contributed by atoms with Gasteiger partial charge in [0.1, 0.15) is 5.60 Å². The van der Waals surface area contributed by atoms with E-state index in [-0.39, 0.29) is 23.4 Å². The van der Waals surface area contributed by atoms with Crippen molar-refractivity contribution in [1.29, 1.82) is 0 Å². The molecule has 1 saturated heterocycles. The van der Waals surface area contributed by atoms with Crippen LogP contribution in [0.3, 0.4) is 0 Å². The van der Waals surface area contributed by atoms with Gasteiger partial charge in [0.15, 0.2) is 5.78 Å². The minimum atomic E-state index is -0.545. The van der Waals surface area contributed by atoms with Gasteiger partial charge in [-0.15, -0.1) is 11.3 Å². The van der Waals surface area contributed by atoms with Crippen molar-refractivity contribution in [3.8, 4) is 11.3 Å². The quantitative estimate of drug-likeness (QED) is 0.201. The van der Waals surface area contributed by atoms with Crippen LogP contribution in [0.5, 0.6) is 0 Å². The molecule has 5 rings (SSSR count). The number of hydrogen-bond acceptors (Lipinski definition) is 10. The zero-order chi connectivity index (χ0) is 33.1. The highest BCUT2D eigenvalue weighted by Crippen LogP contribution is 2.28. The van der Waals surface area contributed by atoms with E-state index in [2.05, 4.69) is 60.2 Å². The lowest BCUT2D eigenvalue weighted by atomic mass is 9.98. The van der Waals surface area contributed by atoms with Gasteiger partial charge in [0.05, 0.1) is 53.3 Å². The predicted molar refractivity (Wildman–Crippen MR) is 179 cm³/mol. The van der Waals surface area contributed by atoms with E-state index in [1.807, 2.05) is 39.1 Å². The third-order valence-electron chi connectivity index (χ3n) is 7.41. The molecular weight excluding hydrogens is 602 g/mol. The number of aryl methyl sites for hydroxylation is 2. The number of rotatable bonds is 9. The molecule has 0 unspecified atom stereocenters. The summed E-state index contributed by atoms with van der Waals surface area (Å²) in [5.41, 5.74) is 4.12. The third-order valence-corrected chi connectivity index (χ3v) is 8.87. The number of carbonyl (C=O) groups is 2. The predicted octanol–water partition coefficient (Wildman–Crippen LogP) is 6.60. The molecule has 0 radical (unpaired) electrons. The van der Waals surface area contributed by atoms with E-state index in [0.29, 0.717) is 45.0 Å². The molecule has 1 N–H and O–H groups in total. The minimum Gasteiger partial charge on any atom is -0.444 e. The van der Waals surface area contributed by atoms with Gasteiger partial charge in [-0.1, -0.05) is 32.9 Å². The topological polar surface area (TPSA) is 124 Å². The van der Waals surface area contributed by atoms with Crippen LogP contribution in [-0.2, 0) is 27.9 Å². The van der Waals surface area contributed by atoms with E-state index in [1.54, 1.807) is 28.2 Å². The van der Waals surface area contributed by atoms with Crippen molar-refractivity contribution in [2.24, 2.45) is 0 Å². The van der Waals surface area contributed by atoms with Gasteiger partial charge in [-0.2, -0.15) is 5.10 Å². The van der Waals surface area contributed by atoms with Gasteiger partial charge in [0.25, 0.3) is 0 Å². The van der Waals surface area contributed by atoms with Crippen LogP contribution in [0.4, 0.5) is 16.4 Å². The van der Waals surface area contributed by atoms with Crippen molar-refractivity contribution in [3.63, 3.8) is 0 Å². The fraction of sp³-hybridized carbons (Fsp3) is 0.471. The summed E-state index contributed by atoms with van der Waals surface area (Å²) in [6.45, 7) is 15.8. The van der Waals surface area contributed by atoms with Gasteiger partial charge < -0.3 is 19.7 Å². The summed E-state index contributed by atoms with van der Waals surface area (Å²) in [5, 5.41) is 8.67. The zero-order valence-corrected chi connectivity index (χ0v) is 28.5. The number of thiazole rings is 1. The lowest BCUT2D eigenvalue weighted by molar-refractivity contribution is -0.0483. The second-order valence-corrected chi connectivity index (χ2v) is 14.6. The molecule has 1 aromatic carbocycles. The maximum atomic E-state index is 12.8. The lowest BCUT2D eigenvalue weighted by Gasteiger charge is -2.34. The highest BCUT2D eigenvalue weighted by atomic mass is 32.1. The van der Waals surface area contributed by atoms with Gasteiger partial charge in [-0.3, -0.25) is 9.48 Å². The van der Waals surface area contributed by atoms with Crippen LogP contribution in [0.2, 0.25) is 0 Å². The lowest BCUT2D eigenvalue weighted by Crippen LogP contribution is -2.48. The molecule has 1 aliphatic rings. The van der Waals surface area contributed by atoms with E-state index in [1.165, 1.54) is 11.3 Å². The van der Waals surface area contributed by atoms with Crippen LogP contribution in [0.25, 0.3) is 11.3 Å². The molecular formula is C34H43N7O4S. The molecule has 1 atom stereocenters. The molecule has 12 heteroatoms. The number of nitrogens with one attached hydrogen (secondary N) is 1. The molecule has 244 valence electrons. The van der Waals surface area contributed by atoms with Crippen LogP contribution in [0.15, 0.2) is 49.1 Å². The summed E-state index contributed by atoms with van der Waals surface area (Å²) < 4.78 is 13.2. The normalized spacial score (nSPS) is 15.5. The average molecular weight is 646 g/mol.